The largest absolute Gasteiger partial charge is 0.418 e. The molecule has 0 spiro atoms. The Kier molecular flexibility index (Phi) is 3.13. The van der Waals surface area contributed by atoms with Crippen LogP contribution in [0.4, 0.5) is 13.2 Å². The first kappa shape index (κ1) is 11.3. The molecule has 7 heteroatoms. The van der Waals surface area contributed by atoms with Gasteiger partial charge in [-0.1, -0.05) is 0 Å². The summed E-state index contributed by atoms with van der Waals surface area (Å²) in [6.45, 7) is 0. The minimum atomic E-state index is -4.49. The van der Waals surface area contributed by atoms with Crippen LogP contribution in [-0.4, -0.2) is 17.9 Å². The number of pyridine rings is 1. The molecule has 0 aliphatic carbocycles. The summed E-state index contributed by atoms with van der Waals surface area (Å²) in [4.78, 5) is 3.55. The van der Waals surface area contributed by atoms with Gasteiger partial charge in [-0.3, -0.25) is 4.98 Å². The maximum absolute atomic E-state index is 12.5. The number of aromatic nitrogens is 1. The molecule has 1 heterocycles. The van der Waals surface area contributed by atoms with Gasteiger partial charge in [0, 0.05) is 13.2 Å². The van der Waals surface area contributed by atoms with Gasteiger partial charge in [-0.15, -0.1) is 0 Å². The second kappa shape index (κ2) is 4.16. The van der Waals surface area contributed by atoms with Crippen LogP contribution in [0.25, 0.3) is 0 Å². The quantitative estimate of drug-likeness (QED) is 0.441. The van der Waals surface area contributed by atoms with E-state index in [0.717, 1.165) is 6.07 Å². The predicted molar refractivity (Wildman–Crippen MR) is 49.0 cm³/mol. The summed E-state index contributed by atoms with van der Waals surface area (Å²) < 4.78 is 37.4. The van der Waals surface area contributed by atoms with Crippen LogP contribution in [0.15, 0.2) is 23.4 Å². The van der Waals surface area contributed by atoms with Crippen LogP contribution in [-0.2, 0) is 6.18 Å². The normalized spacial score (nSPS) is 12.7. The molecule has 0 aromatic carbocycles. The zero-order valence-electron chi connectivity index (χ0n) is 7.84. The Morgan fingerprint density at radius 1 is 1.53 bits per heavy atom. The Labute approximate surface area is 84.0 Å². The van der Waals surface area contributed by atoms with Gasteiger partial charge in [0.25, 0.3) is 0 Å². The van der Waals surface area contributed by atoms with E-state index in [1.165, 1.54) is 19.3 Å². The molecule has 0 saturated heterocycles. The number of halogens is 3. The third-order valence-electron chi connectivity index (χ3n) is 1.59. The van der Waals surface area contributed by atoms with Gasteiger partial charge in [-0.05, 0) is 12.1 Å². The zero-order valence-corrected chi connectivity index (χ0v) is 7.84. The van der Waals surface area contributed by atoms with Crippen molar-refractivity contribution in [2.24, 2.45) is 10.8 Å². The first-order valence-electron chi connectivity index (χ1n) is 3.99. The molecule has 0 aliphatic rings. The van der Waals surface area contributed by atoms with E-state index in [1.54, 1.807) is 0 Å². The van der Waals surface area contributed by atoms with E-state index in [-0.39, 0.29) is 11.5 Å². The SMILES string of the molecule is CN/N=C(\N)c1ncccc1C(F)(F)F. The van der Waals surface area contributed by atoms with Crippen molar-refractivity contribution >= 4 is 5.84 Å². The highest BCUT2D eigenvalue weighted by Gasteiger charge is 2.34. The van der Waals surface area contributed by atoms with Crippen molar-refractivity contribution in [2.45, 2.75) is 6.18 Å². The van der Waals surface area contributed by atoms with Crippen molar-refractivity contribution in [3.05, 3.63) is 29.6 Å². The molecule has 3 N–H and O–H groups in total. The van der Waals surface area contributed by atoms with Gasteiger partial charge in [0.2, 0.25) is 0 Å². The molecule has 0 atom stereocenters. The number of alkyl halides is 3. The lowest BCUT2D eigenvalue weighted by Crippen LogP contribution is -2.23. The number of rotatable bonds is 2. The van der Waals surface area contributed by atoms with E-state index >= 15 is 0 Å². The van der Waals surface area contributed by atoms with E-state index in [2.05, 4.69) is 15.5 Å². The standard InChI is InChI=1S/C8H9F3N4/c1-13-15-7(12)6-5(8(9,10)11)3-2-4-14-6/h2-4,13H,1H3,(H2,12,15). The molecule has 0 bridgehead atoms. The Balaban J connectivity index is 3.24. The topological polar surface area (TPSA) is 63.3 Å². The highest BCUT2D eigenvalue weighted by Crippen LogP contribution is 2.30. The molecule has 0 fully saturated rings. The highest BCUT2D eigenvalue weighted by atomic mass is 19.4. The minimum absolute atomic E-state index is 0.301. The number of amidine groups is 1. The fourth-order valence-corrected chi connectivity index (χ4v) is 1.01. The smallest absolute Gasteiger partial charge is 0.380 e. The average Bonchev–Trinajstić information content (AvgIpc) is 2.17. The maximum atomic E-state index is 12.5. The van der Waals surface area contributed by atoms with Gasteiger partial charge < -0.3 is 11.2 Å². The molecule has 15 heavy (non-hydrogen) atoms. The number of hydrogen-bond acceptors (Lipinski definition) is 3. The molecule has 82 valence electrons. The number of nitrogens with one attached hydrogen (secondary N) is 1. The first-order valence-corrected chi connectivity index (χ1v) is 3.99. The number of nitrogens with zero attached hydrogens (tertiary/aromatic N) is 2. The van der Waals surface area contributed by atoms with E-state index in [1.807, 2.05) is 0 Å². The summed E-state index contributed by atoms with van der Waals surface area (Å²) in [6, 6.07) is 2.10. The summed E-state index contributed by atoms with van der Waals surface area (Å²) in [5, 5.41) is 3.45. The summed E-state index contributed by atoms with van der Waals surface area (Å²) in [7, 11) is 1.43. The van der Waals surface area contributed by atoms with Crippen molar-refractivity contribution in [3.8, 4) is 0 Å². The van der Waals surface area contributed by atoms with Gasteiger partial charge in [0.15, 0.2) is 5.84 Å². The van der Waals surface area contributed by atoms with Gasteiger partial charge in [0.1, 0.15) is 5.69 Å². The summed E-state index contributed by atoms with van der Waals surface area (Å²) >= 11 is 0. The van der Waals surface area contributed by atoms with Crippen LogP contribution in [0.5, 0.6) is 0 Å². The second-order valence-corrected chi connectivity index (χ2v) is 2.62. The van der Waals surface area contributed by atoms with Gasteiger partial charge in [0.05, 0.1) is 5.56 Å². The number of hydrazone groups is 1. The average molecular weight is 218 g/mol. The maximum Gasteiger partial charge on any atom is 0.418 e. The van der Waals surface area contributed by atoms with Crippen molar-refractivity contribution in [2.75, 3.05) is 7.05 Å². The van der Waals surface area contributed by atoms with Crippen LogP contribution >= 0.6 is 0 Å². The van der Waals surface area contributed by atoms with Crippen molar-refractivity contribution in [3.63, 3.8) is 0 Å². The third-order valence-corrected chi connectivity index (χ3v) is 1.59. The Morgan fingerprint density at radius 2 is 2.20 bits per heavy atom. The lowest BCUT2D eigenvalue weighted by Gasteiger charge is -2.10. The molecule has 0 aliphatic heterocycles. The van der Waals surface area contributed by atoms with E-state index in [4.69, 9.17) is 5.73 Å². The predicted octanol–water partition coefficient (Wildman–Crippen LogP) is 0.940. The Morgan fingerprint density at radius 3 is 2.73 bits per heavy atom. The van der Waals surface area contributed by atoms with Crippen LogP contribution in [0.1, 0.15) is 11.3 Å². The van der Waals surface area contributed by atoms with Gasteiger partial charge >= 0.3 is 6.18 Å². The molecule has 0 amide bonds. The molecule has 1 aromatic heterocycles. The second-order valence-electron chi connectivity index (χ2n) is 2.62. The van der Waals surface area contributed by atoms with Crippen LogP contribution in [0.3, 0.4) is 0 Å². The summed E-state index contributed by atoms with van der Waals surface area (Å²) in [5.74, 6) is -0.301. The molecule has 1 aromatic rings. The van der Waals surface area contributed by atoms with Crippen LogP contribution < -0.4 is 11.2 Å². The molecular formula is C8H9F3N4. The van der Waals surface area contributed by atoms with Crippen LogP contribution in [0.2, 0.25) is 0 Å². The van der Waals surface area contributed by atoms with Gasteiger partial charge in [-0.2, -0.15) is 18.3 Å². The van der Waals surface area contributed by atoms with Crippen molar-refractivity contribution in [1.82, 2.24) is 10.4 Å². The van der Waals surface area contributed by atoms with Crippen molar-refractivity contribution in [1.29, 1.82) is 0 Å². The number of hydrogen-bond donors (Lipinski definition) is 2. The molecule has 1 rings (SSSR count). The fraction of sp³-hybridized carbons (Fsp3) is 0.250. The molecule has 4 nitrogen and oxygen atoms in total. The number of nitrogens with two attached hydrogens (primary N) is 1. The lowest BCUT2D eigenvalue weighted by molar-refractivity contribution is -0.137. The Hall–Kier alpha value is -1.79. The molecular weight excluding hydrogens is 209 g/mol. The van der Waals surface area contributed by atoms with E-state index in [9.17, 15) is 13.2 Å². The highest BCUT2D eigenvalue weighted by molar-refractivity contribution is 5.96. The van der Waals surface area contributed by atoms with E-state index in [0.29, 0.717) is 0 Å². The van der Waals surface area contributed by atoms with E-state index < -0.39 is 11.7 Å². The monoisotopic (exact) mass is 218 g/mol. The molecule has 0 radical (unpaired) electrons. The van der Waals surface area contributed by atoms with Crippen molar-refractivity contribution < 1.29 is 13.2 Å². The van der Waals surface area contributed by atoms with Crippen LogP contribution in [0, 0.1) is 0 Å². The van der Waals surface area contributed by atoms with Gasteiger partial charge in [-0.25, -0.2) is 0 Å². The third kappa shape index (κ3) is 2.58. The summed E-state index contributed by atoms with van der Waals surface area (Å²) in [5.41, 5.74) is 6.35. The summed E-state index contributed by atoms with van der Waals surface area (Å²) in [6.07, 6.45) is -3.26. The molecule has 0 saturated carbocycles. The fourth-order valence-electron chi connectivity index (χ4n) is 1.01. The minimum Gasteiger partial charge on any atom is -0.380 e. The Bertz CT molecular complexity index is 372. The first-order chi connectivity index (χ1) is 6.96. The molecule has 0 unspecified atom stereocenters. The zero-order chi connectivity index (χ0) is 11.5. The lowest BCUT2D eigenvalue weighted by atomic mass is 10.2.